The number of aliphatic hydroxyl groups excluding tert-OH is 1. The average molecular weight is 248 g/mol. The third-order valence-electron chi connectivity index (χ3n) is 2.91. The quantitative estimate of drug-likeness (QED) is 0.442. The van der Waals surface area contributed by atoms with Crippen LogP contribution in [0.25, 0.3) is 0 Å². The van der Waals surface area contributed by atoms with Crippen LogP contribution in [0.5, 0.6) is 0 Å². The van der Waals surface area contributed by atoms with Crippen molar-refractivity contribution in [3.8, 4) is 0 Å². The highest BCUT2D eigenvalue weighted by molar-refractivity contribution is 7.43. The zero-order chi connectivity index (χ0) is 12.2. The molecular weight excluding hydrogens is 219 g/mol. The molecule has 0 saturated heterocycles. The fourth-order valence-corrected chi connectivity index (χ4v) is 2.82. The van der Waals surface area contributed by atoms with Gasteiger partial charge in [-0.05, 0) is 13.1 Å². The first-order valence-electron chi connectivity index (χ1n) is 6.84. The Morgan fingerprint density at radius 1 is 1.00 bits per heavy atom. The molecule has 0 saturated carbocycles. The van der Waals surface area contributed by atoms with E-state index in [-0.39, 0.29) is 6.10 Å². The van der Waals surface area contributed by atoms with Crippen LogP contribution in [0, 0.1) is 0 Å². The van der Waals surface area contributed by atoms with Gasteiger partial charge in [0.05, 0.1) is 13.9 Å². The summed E-state index contributed by atoms with van der Waals surface area (Å²) in [5.74, 6) is 0. The molecule has 0 bridgehead atoms. The summed E-state index contributed by atoms with van der Waals surface area (Å²) in [6.45, 7) is 3.96. The molecule has 0 fully saturated rings. The summed E-state index contributed by atoms with van der Waals surface area (Å²) < 4.78 is 10.9. The Morgan fingerprint density at radius 3 is 2.00 bits per heavy atom. The summed E-state index contributed by atoms with van der Waals surface area (Å²) in [5, 5.41) is 9.52. The standard InChI is InChI=1S/C13H29O2P/c1-3-4-5-6-7-8-9-10-11-13(14)12-16(2)15/h13-14,16H,3-12H2,1-2H3. The molecule has 0 amide bonds. The van der Waals surface area contributed by atoms with Gasteiger partial charge < -0.3 is 9.67 Å². The predicted octanol–water partition coefficient (Wildman–Crippen LogP) is 4.07. The molecule has 0 aromatic carbocycles. The summed E-state index contributed by atoms with van der Waals surface area (Å²) in [4.78, 5) is 0. The number of rotatable bonds is 11. The maximum Gasteiger partial charge on any atom is 0.0758 e. The molecule has 98 valence electrons. The molecule has 2 unspecified atom stereocenters. The van der Waals surface area contributed by atoms with Gasteiger partial charge in [-0.2, -0.15) is 0 Å². The Balaban J connectivity index is 3.11. The third-order valence-corrected chi connectivity index (χ3v) is 3.96. The van der Waals surface area contributed by atoms with E-state index in [1.54, 1.807) is 6.66 Å². The van der Waals surface area contributed by atoms with E-state index in [1.807, 2.05) is 0 Å². The van der Waals surface area contributed by atoms with Gasteiger partial charge >= 0.3 is 0 Å². The molecular formula is C13H29O2P. The van der Waals surface area contributed by atoms with E-state index in [0.717, 1.165) is 12.8 Å². The number of hydrogen-bond donors (Lipinski definition) is 1. The van der Waals surface area contributed by atoms with Crippen molar-refractivity contribution in [1.29, 1.82) is 0 Å². The van der Waals surface area contributed by atoms with Crippen LogP contribution in [-0.2, 0) is 4.57 Å². The fourth-order valence-electron chi connectivity index (χ4n) is 1.95. The molecule has 2 atom stereocenters. The van der Waals surface area contributed by atoms with Gasteiger partial charge in [0.15, 0.2) is 0 Å². The minimum Gasteiger partial charge on any atom is -0.393 e. The molecule has 0 aliphatic rings. The maximum absolute atomic E-state index is 10.9. The van der Waals surface area contributed by atoms with Gasteiger partial charge in [0, 0.05) is 6.16 Å². The molecule has 0 heterocycles. The Hall–Kier alpha value is 0.190. The number of aliphatic hydroxyl groups is 1. The molecule has 0 aliphatic carbocycles. The van der Waals surface area contributed by atoms with E-state index >= 15 is 0 Å². The van der Waals surface area contributed by atoms with Crippen molar-refractivity contribution in [3.05, 3.63) is 0 Å². The van der Waals surface area contributed by atoms with Gasteiger partial charge in [-0.3, -0.25) is 0 Å². The molecule has 0 aromatic heterocycles. The molecule has 0 aromatic rings. The first-order chi connectivity index (χ1) is 7.66. The Bertz CT molecular complexity index is 171. The topological polar surface area (TPSA) is 37.3 Å². The van der Waals surface area contributed by atoms with Crippen molar-refractivity contribution in [3.63, 3.8) is 0 Å². The van der Waals surface area contributed by atoms with Crippen molar-refractivity contribution < 1.29 is 9.67 Å². The van der Waals surface area contributed by atoms with E-state index in [9.17, 15) is 9.67 Å². The van der Waals surface area contributed by atoms with E-state index in [4.69, 9.17) is 0 Å². The van der Waals surface area contributed by atoms with Gasteiger partial charge in [0.25, 0.3) is 0 Å². The highest BCUT2D eigenvalue weighted by Gasteiger charge is 2.05. The highest BCUT2D eigenvalue weighted by atomic mass is 31.1. The Morgan fingerprint density at radius 2 is 1.50 bits per heavy atom. The highest BCUT2D eigenvalue weighted by Crippen LogP contribution is 2.18. The molecule has 0 rings (SSSR count). The smallest absolute Gasteiger partial charge is 0.0758 e. The van der Waals surface area contributed by atoms with Crippen molar-refractivity contribution in [2.45, 2.75) is 70.8 Å². The van der Waals surface area contributed by atoms with E-state index in [2.05, 4.69) is 6.92 Å². The first kappa shape index (κ1) is 16.2. The summed E-state index contributed by atoms with van der Waals surface area (Å²) >= 11 is 0. The molecule has 0 radical (unpaired) electrons. The van der Waals surface area contributed by atoms with Crippen LogP contribution in [-0.4, -0.2) is 24.0 Å². The van der Waals surface area contributed by atoms with Crippen molar-refractivity contribution in [2.24, 2.45) is 0 Å². The summed E-state index contributed by atoms with van der Waals surface area (Å²) in [7, 11) is -1.49. The minimum absolute atomic E-state index is 0.323. The van der Waals surface area contributed by atoms with Crippen molar-refractivity contribution in [2.75, 3.05) is 12.8 Å². The van der Waals surface area contributed by atoms with Crippen LogP contribution < -0.4 is 0 Å². The molecule has 16 heavy (non-hydrogen) atoms. The largest absolute Gasteiger partial charge is 0.393 e. The zero-order valence-corrected chi connectivity index (χ0v) is 12.0. The minimum atomic E-state index is -1.49. The summed E-state index contributed by atoms with van der Waals surface area (Å²) in [6, 6.07) is 0. The zero-order valence-electron chi connectivity index (χ0n) is 11.0. The van der Waals surface area contributed by atoms with Crippen LogP contribution in [0.4, 0.5) is 0 Å². The monoisotopic (exact) mass is 248 g/mol. The average Bonchev–Trinajstić information content (AvgIpc) is 2.21. The SMILES string of the molecule is CCCCCCCCCCC(O)C[PH](C)=O. The van der Waals surface area contributed by atoms with Gasteiger partial charge in [0.2, 0.25) is 0 Å². The second kappa shape index (κ2) is 11.7. The van der Waals surface area contributed by atoms with Crippen LogP contribution in [0.15, 0.2) is 0 Å². The van der Waals surface area contributed by atoms with Crippen LogP contribution in [0.3, 0.4) is 0 Å². The van der Waals surface area contributed by atoms with Crippen molar-refractivity contribution >= 4 is 7.80 Å². The van der Waals surface area contributed by atoms with Gasteiger partial charge in [-0.15, -0.1) is 0 Å². The fraction of sp³-hybridized carbons (Fsp3) is 1.00. The van der Waals surface area contributed by atoms with Gasteiger partial charge in [-0.1, -0.05) is 58.3 Å². The lowest BCUT2D eigenvalue weighted by Crippen LogP contribution is -2.09. The Kier molecular flexibility index (Phi) is 11.8. The second-order valence-electron chi connectivity index (χ2n) is 4.82. The first-order valence-corrected chi connectivity index (χ1v) is 8.95. The summed E-state index contributed by atoms with van der Waals surface area (Å²) in [5.41, 5.74) is 0. The van der Waals surface area contributed by atoms with Crippen LogP contribution in [0.2, 0.25) is 0 Å². The van der Waals surface area contributed by atoms with Crippen LogP contribution in [0.1, 0.15) is 64.7 Å². The lowest BCUT2D eigenvalue weighted by atomic mass is 10.1. The van der Waals surface area contributed by atoms with E-state index in [1.165, 1.54) is 44.9 Å². The molecule has 2 nitrogen and oxygen atoms in total. The normalized spacial score (nSPS) is 14.9. The maximum atomic E-state index is 10.9. The summed E-state index contributed by atoms with van der Waals surface area (Å²) in [6.07, 6.45) is 11.4. The number of hydrogen-bond acceptors (Lipinski definition) is 2. The van der Waals surface area contributed by atoms with Gasteiger partial charge in [0.1, 0.15) is 0 Å². The number of unbranched alkanes of at least 4 members (excludes halogenated alkanes) is 7. The van der Waals surface area contributed by atoms with E-state index < -0.39 is 7.80 Å². The van der Waals surface area contributed by atoms with E-state index in [0.29, 0.717) is 6.16 Å². The molecule has 1 N–H and O–H groups in total. The lowest BCUT2D eigenvalue weighted by Gasteiger charge is -2.08. The Labute approximate surface area is 102 Å². The van der Waals surface area contributed by atoms with Crippen LogP contribution >= 0.6 is 7.80 Å². The van der Waals surface area contributed by atoms with Gasteiger partial charge in [-0.25, -0.2) is 0 Å². The molecule has 0 aliphatic heterocycles. The lowest BCUT2D eigenvalue weighted by molar-refractivity contribution is 0.183. The second-order valence-corrected chi connectivity index (χ2v) is 6.64. The molecule has 3 heteroatoms. The molecule has 0 spiro atoms. The third kappa shape index (κ3) is 12.3. The van der Waals surface area contributed by atoms with Crippen molar-refractivity contribution in [1.82, 2.24) is 0 Å². The predicted molar refractivity (Wildman–Crippen MR) is 73.0 cm³/mol.